The molecule has 1 aromatic rings. The summed E-state index contributed by atoms with van der Waals surface area (Å²) >= 11 is 0. The van der Waals surface area contributed by atoms with Crippen molar-refractivity contribution >= 4 is 15.9 Å². The lowest BCUT2D eigenvalue weighted by molar-refractivity contribution is 0.149. The van der Waals surface area contributed by atoms with Gasteiger partial charge in [-0.15, -0.1) is 0 Å². The van der Waals surface area contributed by atoms with E-state index in [4.69, 9.17) is 0 Å². The molecule has 1 saturated carbocycles. The summed E-state index contributed by atoms with van der Waals surface area (Å²) in [7, 11) is -3.07. The number of carbonyl (C=O) groups excluding carboxylic acids is 1. The van der Waals surface area contributed by atoms with E-state index in [-0.39, 0.29) is 35.0 Å². The Morgan fingerprint density at radius 2 is 1.92 bits per heavy atom. The van der Waals surface area contributed by atoms with Gasteiger partial charge in [-0.3, -0.25) is 0 Å². The van der Waals surface area contributed by atoms with E-state index >= 15 is 0 Å². The molecule has 142 valence electrons. The van der Waals surface area contributed by atoms with Crippen molar-refractivity contribution in [1.82, 2.24) is 15.5 Å². The summed E-state index contributed by atoms with van der Waals surface area (Å²) in [6.45, 7) is 1.82. The molecule has 1 aromatic carbocycles. The van der Waals surface area contributed by atoms with Crippen molar-refractivity contribution in [3.05, 3.63) is 35.9 Å². The fourth-order valence-electron chi connectivity index (χ4n) is 4.88. The Morgan fingerprint density at radius 1 is 1.19 bits per heavy atom. The van der Waals surface area contributed by atoms with E-state index in [0.29, 0.717) is 19.6 Å². The van der Waals surface area contributed by atoms with Gasteiger partial charge in [-0.2, -0.15) is 0 Å². The van der Waals surface area contributed by atoms with Gasteiger partial charge in [0.15, 0.2) is 9.84 Å². The summed E-state index contributed by atoms with van der Waals surface area (Å²) in [5, 5.41) is 6.39. The zero-order valence-electron chi connectivity index (χ0n) is 15.0. The van der Waals surface area contributed by atoms with Crippen LogP contribution >= 0.6 is 0 Å². The summed E-state index contributed by atoms with van der Waals surface area (Å²) in [6.07, 6.45) is 4.53. The largest absolute Gasteiger partial charge is 0.337 e. The molecule has 0 radical (unpaired) electrons. The summed E-state index contributed by atoms with van der Waals surface area (Å²) in [6, 6.07) is 9.94. The molecule has 2 N–H and O–H groups in total. The van der Waals surface area contributed by atoms with Crippen molar-refractivity contribution in [1.29, 1.82) is 0 Å². The Kier molecular flexibility index (Phi) is 4.69. The van der Waals surface area contributed by atoms with E-state index in [9.17, 15) is 13.2 Å². The fourth-order valence-corrected chi connectivity index (χ4v) is 6.83. The molecule has 7 heteroatoms. The Bertz CT molecular complexity index is 759. The van der Waals surface area contributed by atoms with Crippen LogP contribution < -0.4 is 10.6 Å². The van der Waals surface area contributed by atoms with Crippen molar-refractivity contribution in [3.8, 4) is 0 Å². The number of rotatable bonds is 3. The highest BCUT2D eigenvalue weighted by Gasteiger charge is 2.45. The molecule has 2 saturated heterocycles. The van der Waals surface area contributed by atoms with E-state index < -0.39 is 9.84 Å². The van der Waals surface area contributed by atoms with Crippen molar-refractivity contribution in [3.63, 3.8) is 0 Å². The summed E-state index contributed by atoms with van der Waals surface area (Å²) in [4.78, 5) is 14.6. The maximum atomic E-state index is 12.9. The van der Waals surface area contributed by atoms with Gasteiger partial charge in [0, 0.05) is 31.1 Å². The first-order valence-electron chi connectivity index (χ1n) is 9.53. The zero-order chi connectivity index (χ0) is 18.2. The van der Waals surface area contributed by atoms with Gasteiger partial charge >= 0.3 is 6.03 Å². The molecule has 2 aliphatic heterocycles. The number of piperazine rings is 1. The van der Waals surface area contributed by atoms with Crippen molar-refractivity contribution in [2.45, 2.75) is 43.2 Å². The highest BCUT2D eigenvalue weighted by Crippen LogP contribution is 2.40. The first-order chi connectivity index (χ1) is 12.5. The molecule has 3 aliphatic rings. The Labute approximate surface area is 155 Å². The molecule has 3 fully saturated rings. The molecule has 0 bridgehead atoms. The minimum absolute atomic E-state index is 0.00606. The highest BCUT2D eigenvalue weighted by atomic mass is 32.2. The number of carbonyl (C=O) groups is 1. The van der Waals surface area contributed by atoms with Crippen LogP contribution in [0.5, 0.6) is 0 Å². The van der Waals surface area contributed by atoms with E-state index in [2.05, 4.69) is 34.9 Å². The van der Waals surface area contributed by atoms with Gasteiger partial charge in [0.2, 0.25) is 0 Å². The van der Waals surface area contributed by atoms with Crippen LogP contribution in [0.25, 0.3) is 0 Å². The van der Waals surface area contributed by atoms with Crippen molar-refractivity contribution in [2.24, 2.45) is 0 Å². The molecule has 2 atom stereocenters. The standard InChI is InChI=1S/C19H27N3O3S/c23-18(22-11-10-20-16-12-26(24,25)13-17(16)22)21-14-19(8-4-5-9-19)15-6-2-1-3-7-15/h1-3,6-7,16-17,20H,4-5,8-14H2,(H,21,23). The molecule has 4 rings (SSSR count). The van der Waals surface area contributed by atoms with Gasteiger partial charge < -0.3 is 15.5 Å². The van der Waals surface area contributed by atoms with Crippen LogP contribution in [0.1, 0.15) is 31.2 Å². The number of nitrogens with zero attached hydrogens (tertiary/aromatic N) is 1. The smallest absolute Gasteiger partial charge is 0.317 e. The third-order valence-corrected chi connectivity index (χ3v) is 7.98. The maximum Gasteiger partial charge on any atom is 0.317 e. The number of hydrogen-bond donors (Lipinski definition) is 2. The van der Waals surface area contributed by atoms with Crippen LogP contribution in [0.3, 0.4) is 0 Å². The van der Waals surface area contributed by atoms with Crippen LogP contribution in [-0.4, -0.2) is 62.6 Å². The number of sulfone groups is 1. The molecule has 26 heavy (non-hydrogen) atoms. The number of amides is 2. The van der Waals surface area contributed by atoms with Crippen LogP contribution in [0.4, 0.5) is 4.79 Å². The van der Waals surface area contributed by atoms with Gasteiger partial charge in [0.05, 0.1) is 17.5 Å². The molecule has 2 amide bonds. The van der Waals surface area contributed by atoms with Crippen LogP contribution in [0.15, 0.2) is 30.3 Å². The van der Waals surface area contributed by atoms with Crippen molar-refractivity contribution in [2.75, 3.05) is 31.1 Å². The molecule has 0 aromatic heterocycles. The summed E-state index contributed by atoms with van der Waals surface area (Å²) in [5.74, 6) is 0.206. The SMILES string of the molecule is O=C(NCC1(c2ccccc2)CCCC1)N1CCNC2CS(=O)(=O)CC21. The third kappa shape index (κ3) is 3.34. The predicted octanol–water partition coefficient (Wildman–Crippen LogP) is 1.28. The average Bonchev–Trinajstić information content (AvgIpc) is 3.23. The van der Waals surface area contributed by atoms with Crippen molar-refractivity contribution < 1.29 is 13.2 Å². The minimum Gasteiger partial charge on any atom is -0.337 e. The monoisotopic (exact) mass is 377 g/mol. The van der Waals surface area contributed by atoms with Crippen LogP contribution in [0.2, 0.25) is 0 Å². The topological polar surface area (TPSA) is 78.5 Å². The van der Waals surface area contributed by atoms with Gasteiger partial charge in [-0.05, 0) is 18.4 Å². The molecular weight excluding hydrogens is 350 g/mol. The average molecular weight is 378 g/mol. The highest BCUT2D eigenvalue weighted by molar-refractivity contribution is 7.91. The summed E-state index contributed by atoms with van der Waals surface area (Å²) < 4.78 is 23.9. The number of benzene rings is 1. The van der Waals surface area contributed by atoms with Crippen LogP contribution in [-0.2, 0) is 15.3 Å². The number of fused-ring (bicyclic) bond motifs is 1. The zero-order valence-corrected chi connectivity index (χ0v) is 15.8. The molecule has 2 unspecified atom stereocenters. The predicted molar refractivity (Wildman–Crippen MR) is 101 cm³/mol. The maximum absolute atomic E-state index is 12.9. The molecule has 6 nitrogen and oxygen atoms in total. The second kappa shape index (κ2) is 6.85. The molecule has 2 heterocycles. The lowest BCUT2D eigenvalue weighted by Gasteiger charge is -2.38. The lowest BCUT2D eigenvalue weighted by Crippen LogP contribution is -2.61. The number of hydrogen-bond acceptors (Lipinski definition) is 4. The van der Waals surface area contributed by atoms with Crippen LogP contribution in [0, 0.1) is 0 Å². The second-order valence-electron chi connectivity index (χ2n) is 7.91. The molecule has 0 spiro atoms. The van der Waals surface area contributed by atoms with E-state index in [1.54, 1.807) is 4.90 Å². The Hall–Kier alpha value is -1.60. The summed E-state index contributed by atoms with van der Waals surface area (Å²) in [5.41, 5.74) is 1.30. The van der Waals surface area contributed by atoms with Gasteiger partial charge in [0.25, 0.3) is 0 Å². The Morgan fingerprint density at radius 3 is 2.65 bits per heavy atom. The lowest BCUT2D eigenvalue weighted by atomic mass is 9.79. The Balaban J connectivity index is 1.46. The number of nitrogens with one attached hydrogen (secondary N) is 2. The van der Waals surface area contributed by atoms with Gasteiger partial charge in [0.1, 0.15) is 0 Å². The van der Waals surface area contributed by atoms with E-state index in [0.717, 1.165) is 12.8 Å². The fraction of sp³-hybridized carbons (Fsp3) is 0.632. The quantitative estimate of drug-likeness (QED) is 0.832. The number of urea groups is 1. The molecular formula is C19H27N3O3S. The minimum atomic E-state index is -3.07. The first-order valence-corrected chi connectivity index (χ1v) is 11.4. The van der Waals surface area contributed by atoms with Gasteiger partial charge in [-0.1, -0.05) is 43.2 Å². The first kappa shape index (κ1) is 17.8. The van der Waals surface area contributed by atoms with E-state index in [1.165, 1.54) is 18.4 Å². The third-order valence-electron chi connectivity index (χ3n) is 6.27. The normalized spacial score (nSPS) is 29.3. The second-order valence-corrected chi connectivity index (χ2v) is 10.1. The molecule has 1 aliphatic carbocycles. The van der Waals surface area contributed by atoms with Gasteiger partial charge in [-0.25, -0.2) is 13.2 Å². The van der Waals surface area contributed by atoms with E-state index in [1.807, 2.05) is 6.07 Å².